The smallest absolute Gasteiger partial charge is 0.255 e. The van der Waals surface area contributed by atoms with Crippen molar-refractivity contribution in [2.75, 3.05) is 26.2 Å². The van der Waals surface area contributed by atoms with Crippen molar-refractivity contribution in [2.45, 2.75) is 44.8 Å². The minimum absolute atomic E-state index is 0.0894. The summed E-state index contributed by atoms with van der Waals surface area (Å²) in [5.41, 5.74) is 2.85. The summed E-state index contributed by atoms with van der Waals surface area (Å²) in [5, 5.41) is 5.87. The molecule has 7 heteroatoms. The molecule has 0 aliphatic carbocycles. The lowest BCUT2D eigenvalue weighted by Crippen LogP contribution is -2.52. The molecule has 0 bridgehead atoms. The second-order valence-corrected chi connectivity index (χ2v) is 8.93. The summed E-state index contributed by atoms with van der Waals surface area (Å²) in [7, 11) is 0. The molecule has 0 aromatic heterocycles. The highest BCUT2D eigenvalue weighted by Crippen LogP contribution is 2.31. The Morgan fingerprint density at radius 2 is 1.97 bits per heavy atom. The first-order valence-electron chi connectivity index (χ1n) is 10.8. The predicted molar refractivity (Wildman–Crippen MR) is 107 cm³/mol. The van der Waals surface area contributed by atoms with E-state index in [2.05, 4.69) is 21.6 Å². The Kier molecular flexibility index (Phi) is 4.87. The van der Waals surface area contributed by atoms with Gasteiger partial charge < -0.3 is 10.2 Å². The lowest BCUT2D eigenvalue weighted by molar-refractivity contribution is -0.136. The van der Waals surface area contributed by atoms with Gasteiger partial charge >= 0.3 is 0 Å². The lowest BCUT2D eigenvalue weighted by atomic mass is 9.81. The molecule has 4 heterocycles. The number of likely N-dealkylation sites (tertiary alicyclic amines) is 1. The topological polar surface area (TPSA) is 81.8 Å². The maximum absolute atomic E-state index is 13.0. The van der Waals surface area contributed by atoms with Gasteiger partial charge in [-0.25, -0.2) is 0 Å². The third-order valence-electron chi connectivity index (χ3n) is 7.07. The van der Waals surface area contributed by atoms with Crippen LogP contribution >= 0.6 is 0 Å². The summed E-state index contributed by atoms with van der Waals surface area (Å²) in [4.78, 5) is 40.7. The molecule has 0 spiro atoms. The van der Waals surface area contributed by atoms with Gasteiger partial charge in [0.25, 0.3) is 5.91 Å². The Morgan fingerprint density at radius 1 is 1.07 bits per heavy atom. The molecule has 3 amide bonds. The Bertz CT molecular complexity index is 854. The Labute approximate surface area is 170 Å². The molecule has 1 aromatic carbocycles. The van der Waals surface area contributed by atoms with Gasteiger partial charge in [0.2, 0.25) is 11.8 Å². The number of piperidine rings is 3. The van der Waals surface area contributed by atoms with Crippen molar-refractivity contribution in [1.29, 1.82) is 0 Å². The van der Waals surface area contributed by atoms with Gasteiger partial charge in [0, 0.05) is 31.6 Å². The zero-order chi connectivity index (χ0) is 20.0. The van der Waals surface area contributed by atoms with Crippen LogP contribution in [0.4, 0.5) is 0 Å². The van der Waals surface area contributed by atoms with Crippen molar-refractivity contribution in [3.63, 3.8) is 0 Å². The van der Waals surface area contributed by atoms with Crippen LogP contribution in [-0.2, 0) is 22.7 Å². The van der Waals surface area contributed by atoms with Crippen LogP contribution in [-0.4, -0.2) is 59.7 Å². The zero-order valence-corrected chi connectivity index (χ0v) is 16.7. The molecule has 1 unspecified atom stereocenters. The van der Waals surface area contributed by atoms with Crippen LogP contribution in [0, 0.1) is 11.8 Å². The van der Waals surface area contributed by atoms with Crippen molar-refractivity contribution in [3.05, 3.63) is 34.9 Å². The van der Waals surface area contributed by atoms with Crippen LogP contribution in [0.25, 0.3) is 0 Å². The number of carbonyl (C=O) groups excluding carboxylic acids is 3. The highest BCUT2D eigenvalue weighted by molar-refractivity contribution is 6.05. The average Bonchev–Trinajstić information content (AvgIpc) is 3.04. The van der Waals surface area contributed by atoms with E-state index in [9.17, 15) is 14.4 Å². The van der Waals surface area contributed by atoms with Crippen LogP contribution in [0.5, 0.6) is 0 Å². The molecule has 2 N–H and O–H groups in total. The highest BCUT2D eigenvalue weighted by Gasteiger charge is 2.39. The second kappa shape index (κ2) is 7.54. The summed E-state index contributed by atoms with van der Waals surface area (Å²) < 4.78 is 0. The average molecular weight is 396 g/mol. The molecule has 3 atom stereocenters. The molecular formula is C22H28N4O3. The van der Waals surface area contributed by atoms with E-state index in [0.29, 0.717) is 18.5 Å². The monoisotopic (exact) mass is 396 g/mol. The molecule has 7 nitrogen and oxygen atoms in total. The Hall–Kier alpha value is -2.25. The van der Waals surface area contributed by atoms with Gasteiger partial charge in [-0.3, -0.25) is 24.6 Å². The first-order valence-corrected chi connectivity index (χ1v) is 10.8. The number of fused-ring (bicyclic) bond motifs is 2. The van der Waals surface area contributed by atoms with Gasteiger partial charge in [-0.1, -0.05) is 12.1 Å². The number of benzene rings is 1. The van der Waals surface area contributed by atoms with Crippen molar-refractivity contribution in [1.82, 2.24) is 20.4 Å². The predicted octanol–water partition coefficient (Wildman–Crippen LogP) is 0.879. The molecule has 29 heavy (non-hydrogen) atoms. The SMILES string of the molecule is O=C1CCC(N2Cc3ccc(CN4CC[C@@H]5CNCC[C@@H]5C4)cc3C2=O)C(=O)N1. The molecule has 3 saturated heterocycles. The number of carbonyl (C=O) groups is 3. The zero-order valence-electron chi connectivity index (χ0n) is 16.7. The standard InChI is InChI=1S/C22H28N4O3/c27-20-4-3-19(21(28)24-20)26-13-17-2-1-14(9-18(17)22(26)29)11-25-8-6-15-10-23-7-5-16(15)12-25/h1-2,9,15-16,19,23H,3-8,10-13H2,(H,24,27,28)/t15-,16-,19?/m1/s1. The van der Waals surface area contributed by atoms with Crippen LogP contribution in [0.1, 0.15) is 47.2 Å². The van der Waals surface area contributed by atoms with Crippen molar-refractivity contribution in [2.24, 2.45) is 11.8 Å². The van der Waals surface area contributed by atoms with Gasteiger partial charge in [0.05, 0.1) is 0 Å². The van der Waals surface area contributed by atoms with E-state index in [1.807, 2.05) is 12.1 Å². The largest absolute Gasteiger partial charge is 0.322 e. The molecule has 154 valence electrons. The van der Waals surface area contributed by atoms with E-state index in [0.717, 1.165) is 55.7 Å². The normalized spacial score (nSPS) is 30.1. The van der Waals surface area contributed by atoms with Gasteiger partial charge in [0.1, 0.15) is 6.04 Å². The summed E-state index contributed by atoms with van der Waals surface area (Å²) in [5.74, 6) is 0.892. The van der Waals surface area contributed by atoms with E-state index >= 15 is 0 Å². The fraction of sp³-hybridized carbons (Fsp3) is 0.591. The van der Waals surface area contributed by atoms with Crippen molar-refractivity contribution >= 4 is 17.7 Å². The van der Waals surface area contributed by atoms with Crippen LogP contribution < -0.4 is 10.6 Å². The number of hydrogen-bond donors (Lipinski definition) is 2. The third kappa shape index (κ3) is 3.57. The summed E-state index contributed by atoms with van der Waals surface area (Å²) in [6.45, 7) is 5.84. The highest BCUT2D eigenvalue weighted by atomic mass is 16.2. The van der Waals surface area contributed by atoms with E-state index in [-0.39, 0.29) is 24.1 Å². The molecule has 5 rings (SSSR count). The van der Waals surface area contributed by atoms with Crippen LogP contribution in [0.15, 0.2) is 18.2 Å². The number of nitrogens with zero attached hydrogens (tertiary/aromatic N) is 2. The summed E-state index contributed by atoms with van der Waals surface area (Å²) >= 11 is 0. The van der Waals surface area contributed by atoms with Gasteiger partial charge in [0.15, 0.2) is 0 Å². The quantitative estimate of drug-likeness (QED) is 0.742. The Morgan fingerprint density at radius 3 is 2.83 bits per heavy atom. The first-order chi connectivity index (χ1) is 14.1. The van der Waals surface area contributed by atoms with Gasteiger partial charge in [-0.15, -0.1) is 0 Å². The maximum Gasteiger partial charge on any atom is 0.255 e. The number of hydrogen-bond acceptors (Lipinski definition) is 5. The molecule has 4 aliphatic rings. The van der Waals surface area contributed by atoms with Gasteiger partial charge in [-0.2, -0.15) is 0 Å². The van der Waals surface area contributed by atoms with Gasteiger partial charge in [-0.05, 0) is 67.9 Å². The molecule has 3 fully saturated rings. The van der Waals surface area contributed by atoms with Crippen LogP contribution in [0.2, 0.25) is 0 Å². The molecule has 0 radical (unpaired) electrons. The fourth-order valence-corrected chi connectivity index (χ4v) is 5.43. The third-order valence-corrected chi connectivity index (χ3v) is 7.07. The lowest BCUT2D eigenvalue weighted by Gasteiger charge is -2.41. The number of amides is 3. The number of imide groups is 1. The van der Waals surface area contributed by atoms with Crippen molar-refractivity contribution < 1.29 is 14.4 Å². The summed E-state index contributed by atoms with van der Waals surface area (Å²) in [6, 6.07) is 5.62. The van der Waals surface area contributed by atoms with Crippen molar-refractivity contribution in [3.8, 4) is 0 Å². The van der Waals surface area contributed by atoms with Crippen LogP contribution in [0.3, 0.4) is 0 Å². The van der Waals surface area contributed by atoms with E-state index in [4.69, 9.17) is 0 Å². The summed E-state index contributed by atoms with van der Waals surface area (Å²) in [6.07, 6.45) is 3.19. The van der Waals surface area contributed by atoms with E-state index in [1.165, 1.54) is 12.8 Å². The maximum atomic E-state index is 13.0. The van der Waals surface area contributed by atoms with E-state index in [1.54, 1.807) is 4.90 Å². The Balaban J connectivity index is 1.27. The molecule has 1 aromatic rings. The molecular weight excluding hydrogens is 368 g/mol. The number of nitrogens with one attached hydrogen (secondary N) is 2. The first kappa shape index (κ1) is 18.8. The molecule has 0 saturated carbocycles. The number of rotatable bonds is 3. The minimum atomic E-state index is -0.546. The minimum Gasteiger partial charge on any atom is -0.322 e. The fourth-order valence-electron chi connectivity index (χ4n) is 5.43. The molecule has 4 aliphatic heterocycles. The second-order valence-electron chi connectivity index (χ2n) is 8.93. The van der Waals surface area contributed by atoms with E-state index < -0.39 is 6.04 Å².